The van der Waals surface area contributed by atoms with E-state index in [-0.39, 0.29) is 36.9 Å². The van der Waals surface area contributed by atoms with Gasteiger partial charge in [-0.1, -0.05) is 13.8 Å². The van der Waals surface area contributed by atoms with Gasteiger partial charge in [0, 0.05) is 36.0 Å². The number of aliphatic hydroxyl groups is 2. The Balaban J connectivity index is 1.81. The van der Waals surface area contributed by atoms with E-state index in [1.807, 2.05) is 0 Å². The standard InChI is InChI=1S/C21H30O5/c1-19-7-5-13(23)9-12(19)3-4-14-15-6-8-21(26,17(25)11-22)20(15,2)10-16(24)18(14)19/h12,14-15,18,22,26H,3-11H2,1-2H3/t12-,14?,15?,18?,19?,20?,21-/m0/s1/i5D,7D,9D,12D/t5?,7?,9?,12-,14?,15?,18?,19?,20?,21-. The summed E-state index contributed by atoms with van der Waals surface area (Å²) < 4.78 is 34.3. The SMILES string of the molecule is [2H]C1C(=O)C([2H])[C@]2([2H])CCC3C(C(=O)CC4(C)C3CC[C@]4(O)C(=O)CO)C2(C)C1[2H]. The molecule has 0 spiro atoms. The Kier molecular flexibility index (Phi) is 3.08. The van der Waals surface area contributed by atoms with Crippen LogP contribution in [0, 0.1) is 34.5 Å². The molecule has 0 aromatic rings. The molecule has 144 valence electrons. The molecular weight excluding hydrogens is 332 g/mol. The Morgan fingerprint density at radius 2 is 2.04 bits per heavy atom. The van der Waals surface area contributed by atoms with E-state index in [4.69, 9.17) is 5.48 Å². The van der Waals surface area contributed by atoms with Crippen molar-refractivity contribution in [1.29, 1.82) is 0 Å². The van der Waals surface area contributed by atoms with Crippen LogP contribution in [-0.2, 0) is 14.4 Å². The summed E-state index contributed by atoms with van der Waals surface area (Å²) in [5.74, 6) is -4.55. The van der Waals surface area contributed by atoms with E-state index in [2.05, 4.69) is 0 Å². The third-order valence-corrected chi connectivity index (χ3v) is 8.01. The molecule has 0 aromatic heterocycles. The van der Waals surface area contributed by atoms with E-state index in [0.717, 1.165) is 0 Å². The van der Waals surface area contributed by atoms with Crippen LogP contribution in [0.4, 0.5) is 0 Å². The van der Waals surface area contributed by atoms with E-state index < -0.39 is 65.6 Å². The number of hydrogen-bond acceptors (Lipinski definition) is 5. The van der Waals surface area contributed by atoms with Crippen molar-refractivity contribution < 1.29 is 30.1 Å². The number of carbonyl (C=O) groups excluding carboxylic acids is 3. The van der Waals surface area contributed by atoms with Gasteiger partial charge in [0.15, 0.2) is 5.78 Å². The molecule has 4 aliphatic rings. The normalized spacial score (nSPS) is 64.3. The molecule has 2 N–H and O–H groups in total. The summed E-state index contributed by atoms with van der Waals surface area (Å²) in [5, 5.41) is 20.6. The first-order valence-electron chi connectivity index (χ1n) is 11.7. The number of aliphatic hydroxyl groups excluding tert-OH is 1. The number of Topliss-reactive ketones (excluding diaryl/α,β-unsaturated/α-hetero) is 3. The van der Waals surface area contributed by atoms with Crippen molar-refractivity contribution >= 4 is 17.3 Å². The third kappa shape index (κ3) is 2.13. The third-order valence-electron chi connectivity index (χ3n) is 8.01. The first kappa shape index (κ1) is 14.0. The van der Waals surface area contributed by atoms with Crippen LogP contribution >= 0.6 is 0 Å². The lowest BCUT2D eigenvalue weighted by Crippen LogP contribution is -2.62. The van der Waals surface area contributed by atoms with Crippen molar-refractivity contribution in [2.24, 2.45) is 34.5 Å². The van der Waals surface area contributed by atoms with Gasteiger partial charge in [-0.25, -0.2) is 0 Å². The van der Waals surface area contributed by atoms with Crippen LogP contribution in [0.3, 0.4) is 0 Å². The highest BCUT2D eigenvalue weighted by Gasteiger charge is 2.68. The van der Waals surface area contributed by atoms with Gasteiger partial charge in [-0.15, -0.1) is 0 Å². The van der Waals surface area contributed by atoms with Crippen molar-refractivity contribution in [1.82, 2.24) is 0 Å². The van der Waals surface area contributed by atoms with Crippen LogP contribution in [0.25, 0.3) is 0 Å². The predicted octanol–water partition coefficient (Wildman–Crippen LogP) is 2.07. The van der Waals surface area contributed by atoms with Gasteiger partial charge in [-0.3, -0.25) is 14.4 Å². The minimum Gasteiger partial charge on any atom is -0.388 e. The molecule has 5 nitrogen and oxygen atoms in total. The number of hydrogen-bond donors (Lipinski definition) is 2. The maximum atomic E-state index is 13.6. The zero-order chi connectivity index (χ0) is 22.4. The summed E-state index contributed by atoms with van der Waals surface area (Å²) in [4.78, 5) is 38.4. The van der Waals surface area contributed by atoms with Crippen molar-refractivity contribution in [3.8, 4) is 0 Å². The second kappa shape index (κ2) is 5.71. The minimum atomic E-state index is -1.79. The lowest BCUT2D eigenvalue weighted by molar-refractivity contribution is -0.178. The summed E-state index contributed by atoms with van der Waals surface area (Å²) in [6.07, 6.45) is -3.13. The average Bonchev–Trinajstić information content (AvgIpc) is 2.98. The first-order valence-corrected chi connectivity index (χ1v) is 9.51. The highest BCUT2D eigenvalue weighted by atomic mass is 16.3. The Morgan fingerprint density at radius 1 is 1.31 bits per heavy atom. The Morgan fingerprint density at radius 3 is 2.73 bits per heavy atom. The fourth-order valence-electron chi connectivity index (χ4n) is 6.62. The zero-order valence-corrected chi connectivity index (χ0v) is 15.3. The van der Waals surface area contributed by atoms with E-state index in [9.17, 15) is 24.6 Å². The number of carbonyl (C=O) groups is 3. The second-order valence-corrected chi connectivity index (χ2v) is 9.02. The van der Waals surface area contributed by atoms with E-state index in [0.29, 0.717) is 12.8 Å². The highest BCUT2D eigenvalue weighted by Crippen LogP contribution is 2.67. The topological polar surface area (TPSA) is 91.7 Å². The van der Waals surface area contributed by atoms with E-state index >= 15 is 0 Å². The van der Waals surface area contributed by atoms with Crippen LogP contribution < -0.4 is 0 Å². The molecule has 4 fully saturated rings. The van der Waals surface area contributed by atoms with Gasteiger partial charge < -0.3 is 10.2 Å². The lowest BCUT2D eigenvalue weighted by atomic mass is 9.44. The molecular formula is C21H30O5. The Bertz CT molecular complexity index is 821. The van der Waals surface area contributed by atoms with Crippen LogP contribution in [0.5, 0.6) is 0 Å². The summed E-state index contributed by atoms with van der Waals surface area (Å²) in [5.41, 5.74) is -4.16. The molecule has 4 rings (SSSR count). The fraction of sp³-hybridized carbons (Fsp3) is 0.857. The molecule has 0 amide bonds. The molecule has 10 atom stereocenters. The molecule has 0 bridgehead atoms. The van der Waals surface area contributed by atoms with Crippen molar-refractivity contribution in [2.75, 3.05) is 6.61 Å². The molecule has 0 aromatic carbocycles. The van der Waals surface area contributed by atoms with Crippen molar-refractivity contribution in [3.05, 3.63) is 0 Å². The smallest absolute Gasteiger partial charge is 0.190 e. The van der Waals surface area contributed by atoms with Gasteiger partial charge in [0.25, 0.3) is 0 Å². The average molecular weight is 366 g/mol. The molecule has 4 saturated carbocycles. The van der Waals surface area contributed by atoms with Crippen LogP contribution in [0.1, 0.15) is 70.6 Å². The van der Waals surface area contributed by atoms with Crippen LogP contribution in [0.15, 0.2) is 0 Å². The van der Waals surface area contributed by atoms with E-state index in [1.54, 1.807) is 13.8 Å². The van der Waals surface area contributed by atoms with E-state index in [1.165, 1.54) is 0 Å². The number of rotatable bonds is 2. The molecule has 0 aliphatic heterocycles. The quantitative estimate of drug-likeness (QED) is 0.781. The lowest BCUT2D eigenvalue weighted by Gasteiger charge is -2.59. The maximum absolute atomic E-state index is 13.6. The summed E-state index contributed by atoms with van der Waals surface area (Å²) in [7, 11) is 0. The second-order valence-electron chi connectivity index (χ2n) is 9.02. The maximum Gasteiger partial charge on any atom is 0.190 e. The molecule has 8 unspecified atom stereocenters. The van der Waals surface area contributed by atoms with Gasteiger partial charge >= 0.3 is 0 Å². The molecule has 0 saturated heterocycles. The van der Waals surface area contributed by atoms with Crippen molar-refractivity contribution in [3.63, 3.8) is 0 Å². The predicted molar refractivity (Wildman–Crippen MR) is 94.2 cm³/mol. The number of ketones is 3. The summed E-state index contributed by atoms with van der Waals surface area (Å²) >= 11 is 0. The molecule has 4 aliphatic carbocycles. The fourth-order valence-corrected chi connectivity index (χ4v) is 6.62. The zero-order valence-electron chi connectivity index (χ0n) is 19.3. The van der Waals surface area contributed by atoms with Crippen LogP contribution in [0.2, 0.25) is 0 Å². The molecule has 5 heteroatoms. The highest BCUT2D eigenvalue weighted by molar-refractivity contribution is 5.92. The molecule has 26 heavy (non-hydrogen) atoms. The number of fused-ring (bicyclic) bond motifs is 5. The largest absolute Gasteiger partial charge is 0.388 e. The molecule has 0 radical (unpaired) electrons. The minimum absolute atomic E-state index is 0.112. The van der Waals surface area contributed by atoms with Gasteiger partial charge in [0.2, 0.25) is 0 Å². The monoisotopic (exact) mass is 366 g/mol. The van der Waals surface area contributed by atoms with Gasteiger partial charge in [0.1, 0.15) is 23.8 Å². The van der Waals surface area contributed by atoms with Gasteiger partial charge in [-0.2, -0.15) is 0 Å². The Labute approximate surface area is 160 Å². The van der Waals surface area contributed by atoms with Crippen molar-refractivity contribution in [2.45, 2.75) is 70.7 Å². The Hall–Kier alpha value is -1.07. The van der Waals surface area contributed by atoms with Crippen LogP contribution in [-0.4, -0.2) is 39.8 Å². The van der Waals surface area contributed by atoms with Gasteiger partial charge in [-0.05, 0) is 55.2 Å². The summed E-state index contributed by atoms with van der Waals surface area (Å²) in [6, 6.07) is 0. The first-order chi connectivity index (χ1) is 13.8. The summed E-state index contributed by atoms with van der Waals surface area (Å²) in [6.45, 7) is 2.55. The van der Waals surface area contributed by atoms with Gasteiger partial charge in [0.05, 0.1) is 0 Å². The molecule has 0 heterocycles.